The molecule has 0 aliphatic carbocycles. The first-order valence-corrected chi connectivity index (χ1v) is 8.23. The third kappa shape index (κ3) is 4.22. The number of esters is 1. The molecule has 1 aromatic carbocycles. The molecule has 3 aromatic rings. The highest BCUT2D eigenvalue weighted by Crippen LogP contribution is 2.21. The highest BCUT2D eigenvalue weighted by atomic mass is 32.1. The Hall–Kier alpha value is -3.18. The molecule has 0 amide bonds. The lowest BCUT2D eigenvalue weighted by atomic mass is 10.2. The van der Waals surface area contributed by atoms with Gasteiger partial charge < -0.3 is 14.0 Å². The summed E-state index contributed by atoms with van der Waals surface area (Å²) in [6.45, 7) is 1.45. The van der Waals surface area contributed by atoms with E-state index in [9.17, 15) is 4.79 Å². The molecule has 0 N–H and O–H groups in total. The molecule has 0 fully saturated rings. The van der Waals surface area contributed by atoms with Crippen LogP contribution in [-0.2, 0) is 16.1 Å². The van der Waals surface area contributed by atoms with Gasteiger partial charge in [-0.2, -0.15) is 10.2 Å². The molecule has 0 aliphatic rings. The average Bonchev–Trinajstić information content (AvgIpc) is 3.31. The molecule has 8 heteroatoms. The van der Waals surface area contributed by atoms with Crippen molar-refractivity contribution in [3.05, 3.63) is 53.2 Å². The minimum absolute atomic E-state index is 0.127. The fourth-order valence-electron chi connectivity index (χ4n) is 1.93. The normalized spacial score (nSPS) is 11.5. The molecule has 0 bridgehead atoms. The molecule has 2 aromatic heterocycles. The van der Waals surface area contributed by atoms with Crippen molar-refractivity contribution in [1.29, 1.82) is 5.26 Å². The second kappa shape index (κ2) is 7.59. The molecule has 3 rings (SSSR count). The van der Waals surface area contributed by atoms with Gasteiger partial charge in [-0.1, -0.05) is 11.2 Å². The van der Waals surface area contributed by atoms with Crippen molar-refractivity contribution < 1.29 is 18.8 Å². The number of nitriles is 1. The van der Waals surface area contributed by atoms with Gasteiger partial charge in [-0.05, 0) is 42.6 Å². The Morgan fingerprint density at radius 1 is 1.36 bits per heavy atom. The molecule has 1 atom stereocenters. The third-order valence-corrected chi connectivity index (χ3v) is 4.04. The van der Waals surface area contributed by atoms with Crippen molar-refractivity contribution in [3.63, 3.8) is 0 Å². The van der Waals surface area contributed by atoms with Crippen molar-refractivity contribution >= 4 is 17.3 Å². The van der Waals surface area contributed by atoms with Gasteiger partial charge in [0.05, 0.1) is 16.5 Å². The maximum atomic E-state index is 12.0. The SMILES string of the molecule is CC(Oc1ccc(C#N)cc1)C(=O)OCc1nc(-c2cccs2)no1. The largest absolute Gasteiger partial charge is 0.479 e. The monoisotopic (exact) mass is 355 g/mol. The lowest BCUT2D eigenvalue weighted by Gasteiger charge is -2.13. The van der Waals surface area contributed by atoms with Gasteiger partial charge in [0.2, 0.25) is 5.82 Å². The summed E-state index contributed by atoms with van der Waals surface area (Å²) in [4.78, 5) is 17.0. The fraction of sp³-hybridized carbons (Fsp3) is 0.176. The first kappa shape index (κ1) is 16.7. The summed E-state index contributed by atoms with van der Waals surface area (Å²) in [6, 6.07) is 12.2. The van der Waals surface area contributed by atoms with Crippen LogP contribution in [0.1, 0.15) is 18.4 Å². The molecule has 0 saturated heterocycles. The van der Waals surface area contributed by atoms with E-state index in [0.717, 1.165) is 4.88 Å². The van der Waals surface area contributed by atoms with Crippen LogP contribution in [-0.4, -0.2) is 22.2 Å². The van der Waals surface area contributed by atoms with Gasteiger partial charge in [-0.25, -0.2) is 4.79 Å². The Morgan fingerprint density at radius 3 is 2.84 bits per heavy atom. The number of carbonyl (C=O) groups excluding carboxylic acids is 1. The van der Waals surface area contributed by atoms with Gasteiger partial charge in [0.15, 0.2) is 12.7 Å². The lowest BCUT2D eigenvalue weighted by Crippen LogP contribution is -2.26. The highest BCUT2D eigenvalue weighted by molar-refractivity contribution is 7.13. The van der Waals surface area contributed by atoms with Crippen LogP contribution >= 0.6 is 11.3 Å². The number of nitrogens with zero attached hydrogens (tertiary/aromatic N) is 3. The highest BCUT2D eigenvalue weighted by Gasteiger charge is 2.18. The van der Waals surface area contributed by atoms with Gasteiger partial charge >= 0.3 is 5.97 Å². The van der Waals surface area contributed by atoms with Crippen LogP contribution in [0.25, 0.3) is 10.7 Å². The summed E-state index contributed by atoms with van der Waals surface area (Å²) in [5.41, 5.74) is 0.514. The molecular formula is C17H13N3O4S. The van der Waals surface area contributed by atoms with Crippen LogP contribution in [0, 0.1) is 11.3 Å². The Kier molecular flexibility index (Phi) is 5.06. The summed E-state index contributed by atoms with van der Waals surface area (Å²) in [7, 11) is 0. The van der Waals surface area contributed by atoms with Crippen molar-refractivity contribution in [2.45, 2.75) is 19.6 Å². The maximum Gasteiger partial charge on any atom is 0.347 e. The summed E-state index contributed by atoms with van der Waals surface area (Å²) < 4.78 is 15.7. The van der Waals surface area contributed by atoms with Crippen LogP contribution in [0.4, 0.5) is 0 Å². The van der Waals surface area contributed by atoms with E-state index in [1.807, 2.05) is 23.6 Å². The number of benzene rings is 1. The smallest absolute Gasteiger partial charge is 0.347 e. The van der Waals surface area contributed by atoms with Crippen molar-refractivity contribution in [1.82, 2.24) is 10.1 Å². The molecule has 0 spiro atoms. The fourth-order valence-corrected chi connectivity index (χ4v) is 2.58. The summed E-state index contributed by atoms with van der Waals surface area (Å²) in [5, 5.41) is 14.5. The number of rotatable bonds is 6. The van der Waals surface area contributed by atoms with Crippen molar-refractivity contribution in [2.75, 3.05) is 0 Å². The molecule has 25 heavy (non-hydrogen) atoms. The second-order valence-electron chi connectivity index (χ2n) is 4.99. The number of ether oxygens (including phenoxy) is 2. The third-order valence-electron chi connectivity index (χ3n) is 3.18. The standard InChI is InChI=1S/C17H13N3O4S/c1-11(23-13-6-4-12(9-18)5-7-13)17(21)22-10-15-19-16(20-24-15)14-3-2-8-25-14/h2-8,11H,10H2,1H3. The zero-order valence-corrected chi connectivity index (χ0v) is 14.0. The van der Waals surface area contributed by atoms with Crippen LogP contribution < -0.4 is 4.74 Å². The number of carbonyl (C=O) groups is 1. The number of hydrogen-bond acceptors (Lipinski definition) is 8. The topological polar surface area (TPSA) is 98.2 Å². The van der Waals surface area contributed by atoms with Gasteiger partial charge in [0.1, 0.15) is 5.75 Å². The van der Waals surface area contributed by atoms with E-state index < -0.39 is 12.1 Å². The predicted octanol–water partition coefficient (Wildman–Crippen LogP) is 3.18. The Morgan fingerprint density at radius 2 is 2.16 bits per heavy atom. The molecule has 0 saturated carbocycles. The second-order valence-corrected chi connectivity index (χ2v) is 5.94. The minimum Gasteiger partial charge on any atom is -0.479 e. The van der Waals surface area contributed by atoms with Gasteiger partial charge in [0.25, 0.3) is 5.89 Å². The van der Waals surface area contributed by atoms with Crippen LogP contribution in [0.15, 0.2) is 46.3 Å². The molecule has 0 aliphatic heterocycles. The summed E-state index contributed by atoms with van der Waals surface area (Å²) in [6.07, 6.45) is -0.812. The van der Waals surface area contributed by atoms with E-state index in [4.69, 9.17) is 19.3 Å². The first-order chi connectivity index (χ1) is 12.2. The zero-order valence-electron chi connectivity index (χ0n) is 13.2. The van der Waals surface area contributed by atoms with Crippen LogP contribution in [0.2, 0.25) is 0 Å². The van der Waals surface area contributed by atoms with E-state index >= 15 is 0 Å². The molecule has 126 valence electrons. The molecule has 0 radical (unpaired) electrons. The quantitative estimate of drug-likeness (QED) is 0.626. The number of aromatic nitrogens is 2. The van der Waals surface area contributed by atoms with E-state index in [2.05, 4.69) is 10.1 Å². The van der Waals surface area contributed by atoms with Gasteiger partial charge in [-0.15, -0.1) is 11.3 Å². The van der Waals surface area contributed by atoms with Crippen molar-refractivity contribution in [2.24, 2.45) is 0 Å². The van der Waals surface area contributed by atoms with Crippen LogP contribution in [0.5, 0.6) is 5.75 Å². The van der Waals surface area contributed by atoms with E-state index in [-0.39, 0.29) is 12.5 Å². The number of hydrogen-bond donors (Lipinski definition) is 0. The molecule has 2 heterocycles. The Labute approximate surface area is 147 Å². The number of thiophene rings is 1. The van der Waals surface area contributed by atoms with Gasteiger partial charge in [0, 0.05) is 0 Å². The van der Waals surface area contributed by atoms with Crippen LogP contribution in [0.3, 0.4) is 0 Å². The molecule has 7 nitrogen and oxygen atoms in total. The average molecular weight is 355 g/mol. The summed E-state index contributed by atoms with van der Waals surface area (Å²) >= 11 is 1.49. The Balaban J connectivity index is 1.52. The predicted molar refractivity (Wildman–Crippen MR) is 88.7 cm³/mol. The van der Waals surface area contributed by atoms with Gasteiger partial charge in [-0.3, -0.25) is 0 Å². The van der Waals surface area contributed by atoms with Crippen molar-refractivity contribution in [3.8, 4) is 22.5 Å². The van der Waals surface area contributed by atoms with E-state index in [0.29, 0.717) is 17.1 Å². The molecule has 1 unspecified atom stereocenters. The van der Waals surface area contributed by atoms with E-state index in [1.165, 1.54) is 11.3 Å². The minimum atomic E-state index is -0.812. The maximum absolute atomic E-state index is 12.0. The summed E-state index contributed by atoms with van der Waals surface area (Å²) in [5.74, 6) is 0.590. The van der Waals surface area contributed by atoms with E-state index in [1.54, 1.807) is 31.2 Å². The Bertz CT molecular complexity index is 882. The lowest BCUT2D eigenvalue weighted by molar-refractivity contribution is -0.153. The first-order valence-electron chi connectivity index (χ1n) is 7.35. The molecular weight excluding hydrogens is 342 g/mol. The zero-order chi connectivity index (χ0) is 17.6.